The van der Waals surface area contributed by atoms with Gasteiger partial charge in [0.2, 0.25) is 0 Å². The van der Waals surface area contributed by atoms with E-state index in [1.54, 1.807) is 4.68 Å². The van der Waals surface area contributed by atoms with Crippen LogP contribution < -0.4 is 19.1 Å². The Morgan fingerprint density at radius 3 is 2.66 bits per heavy atom. The molecular weight excluding hydrogens is 404 g/mol. The average Bonchev–Trinajstić information content (AvgIpc) is 3.48. The van der Waals surface area contributed by atoms with Crippen LogP contribution >= 0.6 is 0 Å². The van der Waals surface area contributed by atoms with E-state index in [2.05, 4.69) is 63.7 Å². The average molecular weight is 426 g/mol. The van der Waals surface area contributed by atoms with E-state index >= 15 is 0 Å². The normalized spacial score (nSPS) is 20.5. The zero-order valence-electron chi connectivity index (χ0n) is 17.7. The zero-order chi connectivity index (χ0) is 21.3. The Balaban J connectivity index is 1.30. The topological polar surface area (TPSA) is 61.6 Å². The lowest BCUT2D eigenvalue weighted by Crippen LogP contribution is -2.36. The molecule has 3 aliphatic heterocycles. The number of aryl methyl sites for hydroxylation is 1. The predicted molar refractivity (Wildman–Crippen MR) is 120 cm³/mol. The Morgan fingerprint density at radius 1 is 0.906 bits per heavy atom. The van der Waals surface area contributed by atoms with E-state index in [0.29, 0.717) is 19.8 Å². The number of fused-ring (bicyclic) bond motifs is 6. The summed E-state index contributed by atoms with van der Waals surface area (Å²) in [4.78, 5) is 2.45. The van der Waals surface area contributed by atoms with E-state index < -0.39 is 0 Å². The van der Waals surface area contributed by atoms with Crippen LogP contribution in [0, 0.1) is 0 Å². The maximum Gasteiger partial charge on any atom is 0.165 e. The third kappa shape index (κ3) is 2.42. The molecule has 0 N–H and O–H groups in total. The Hall–Kier alpha value is -3.74. The minimum atomic E-state index is -0.224. The molecule has 3 aromatic carbocycles. The second kappa shape index (κ2) is 6.38. The van der Waals surface area contributed by atoms with Crippen molar-refractivity contribution in [3.63, 3.8) is 0 Å². The molecule has 0 bridgehead atoms. The molecule has 0 fully saturated rings. The van der Waals surface area contributed by atoms with Gasteiger partial charge in [-0.2, -0.15) is 0 Å². The highest BCUT2D eigenvalue weighted by atomic mass is 16.6. The molecule has 0 radical (unpaired) electrons. The van der Waals surface area contributed by atoms with Crippen molar-refractivity contribution in [1.29, 1.82) is 0 Å². The largest absolute Gasteiger partial charge is 0.492 e. The lowest BCUT2D eigenvalue weighted by Gasteiger charge is -2.26. The molecular formula is C25H22N4O3. The number of hydrogen-bond acceptors (Lipinski definition) is 6. The molecule has 7 heteroatoms. The van der Waals surface area contributed by atoms with Crippen molar-refractivity contribution >= 4 is 16.7 Å². The van der Waals surface area contributed by atoms with E-state index in [0.717, 1.165) is 41.4 Å². The number of anilines is 1. The summed E-state index contributed by atoms with van der Waals surface area (Å²) in [6.07, 6.45) is 0. The molecule has 0 saturated heterocycles. The van der Waals surface area contributed by atoms with Crippen molar-refractivity contribution in [2.75, 3.05) is 31.3 Å². The quantitative estimate of drug-likeness (QED) is 0.489. The van der Waals surface area contributed by atoms with Crippen molar-refractivity contribution < 1.29 is 14.2 Å². The fourth-order valence-corrected chi connectivity index (χ4v) is 5.39. The second-order valence-electron chi connectivity index (χ2n) is 8.77. The summed E-state index contributed by atoms with van der Waals surface area (Å²) in [5, 5.41) is 8.43. The van der Waals surface area contributed by atoms with Gasteiger partial charge in [-0.05, 0) is 35.4 Å². The van der Waals surface area contributed by atoms with Gasteiger partial charge in [0.15, 0.2) is 11.5 Å². The lowest BCUT2D eigenvalue weighted by molar-refractivity contribution is 0.171. The van der Waals surface area contributed by atoms with Crippen LogP contribution in [0.5, 0.6) is 17.2 Å². The number of aromatic nitrogens is 3. The third-order valence-corrected chi connectivity index (χ3v) is 6.90. The molecule has 3 aliphatic rings. The van der Waals surface area contributed by atoms with Gasteiger partial charge in [0.05, 0.1) is 10.9 Å². The van der Waals surface area contributed by atoms with Gasteiger partial charge in [0.1, 0.15) is 31.1 Å². The van der Waals surface area contributed by atoms with E-state index in [4.69, 9.17) is 14.2 Å². The van der Waals surface area contributed by atoms with Gasteiger partial charge in [-0.1, -0.05) is 29.5 Å². The molecule has 4 aromatic rings. The fourth-order valence-electron chi connectivity index (χ4n) is 5.39. The number of para-hydroxylation sites is 1. The number of rotatable bonds is 2. The molecule has 7 nitrogen and oxygen atoms in total. The van der Waals surface area contributed by atoms with Gasteiger partial charge in [0, 0.05) is 37.5 Å². The molecule has 1 atom stereocenters. The first kappa shape index (κ1) is 17.9. The molecule has 1 spiro atoms. The van der Waals surface area contributed by atoms with Crippen molar-refractivity contribution in [2.45, 2.75) is 12.0 Å². The molecule has 0 amide bonds. The summed E-state index contributed by atoms with van der Waals surface area (Å²) in [5.41, 5.74) is 6.68. The monoisotopic (exact) mass is 426 g/mol. The third-order valence-electron chi connectivity index (χ3n) is 6.90. The molecule has 7 rings (SSSR count). The number of hydrogen-bond donors (Lipinski definition) is 0. The van der Waals surface area contributed by atoms with Gasteiger partial charge in [-0.3, -0.25) is 0 Å². The molecule has 160 valence electrons. The van der Waals surface area contributed by atoms with E-state index in [1.165, 1.54) is 22.4 Å². The highest BCUT2D eigenvalue weighted by Crippen LogP contribution is 2.54. The Morgan fingerprint density at radius 2 is 1.75 bits per heavy atom. The van der Waals surface area contributed by atoms with Crippen molar-refractivity contribution in [2.24, 2.45) is 7.05 Å². The molecule has 1 unspecified atom stereocenters. The fraction of sp³-hybridized carbons (Fsp3) is 0.280. The summed E-state index contributed by atoms with van der Waals surface area (Å²) < 4.78 is 19.7. The van der Waals surface area contributed by atoms with Crippen LogP contribution in [0.3, 0.4) is 0 Å². The van der Waals surface area contributed by atoms with Crippen LogP contribution in [0.4, 0.5) is 5.69 Å². The lowest BCUT2D eigenvalue weighted by atomic mass is 9.77. The maximum absolute atomic E-state index is 6.23. The second-order valence-corrected chi connectivity index (χ2v) is 8.77. The minimum absolute atomic E-state index is 0.224. The van der Waals surface area contributed by atoms with E-state index in [-0.39, 0.29) is 5.41 Å². The van der Waals surface area contributed by atoms with Crippen LogP contribution in [0.25, 0.3) is 11.0 Å². The van der Waals surface area contributed by atoms with Crippen LogP contribution in [0.1, 0.15) is 16.7 Å². The standard InChI is InChI=1S/C25H22N4O3/c1-28-21-7-6-16(10-19(21)26-27-28)13-29-14-25(17-4-2-3-5-20(17)29)15-32-22-12-24-23(11-18(22)25)30-8-9-31-24/h2-7,10-12H,8-9,13-15H2,1H3. The summed E-state index contributed by atoms with van der Waals surface area (Å²) in [7, 11) is 1.92. The number of nitrogens with zero attached hydrogens (tertiary/aromatic N) is 4. The summed E-state index contributed by atoms with van der Waals surface area (Å²) in [5.74, 6) is 2.48. The minimum Gasteiger partial charge on any atom is -0.492 e. The van der Waals surface area contributed by atoms with Gasteiger partial charge in [0.25, 0.3) is 0 Å². The highest BCUT2D eigenvalue weighted by Gasteiger charge is 2.50. The Bertz CT molecular complexity index is 1380. The van der Waals surface area contributed by atoms with E-state index in [9.17, 15) is 0 Å². The smallest absolute Gasteiger partial charge is 0.165 e. The molecule has 4 heterocycles. The first-order valence-corrected chi connectivity index (χ1v) is 10.9. The van der Waals surface area contributed by atoms with Gasteiger partial charge < -0.3 is 19.1 Å². The SMILES string of the molecule is Cn1nnc2cc(CN3CC4(COc5cc6c(cc54)OCCO6)c4ccccc43)ccc21. The predicted octanol–water partition coefficient (Wildman–Crippen LogP) is 3.44. The van der Waals surface area contributed by atoms with Crippen LogP contribution in [0.15, 0.2) is 54.6 Å². The summed E-state index contributed by atoms with van der Waals surface area (Å²) in [6, 6.07) is 19.2. The van der Waals surface area contributed by atoms with Crippen molar-refractivity contribution in [3.8, 4) is 17.2 Å². The molecule has 32 heavy (non-hydrogen) atoms. The first-order valence-electron chi connectivity index (χ1n) is 10.9. The summed E-state index contributed by atoms with van der Waals surface area (Å²) >= 11 is 0. The van der Waals surface area contributed by atoms with Gasteiger partial charge in [-0.25, -0.2) is 4.68 Å². The van der Waals surface area contributed by atoms with Crippen LogP contribution in [-0.2, 0) is 19.0 Å². The summed E-state index contributed by atoms with van der Waals surface area (Å²) in [6.45, 7) is 3.40. The van der Waals surface area contributed by atoms with Gasteiger partial charge >= 0.3 is 0 Å². The Labute approximate surface area is 185 Å². The highest BCUT2D eigenvalue weighted by molar-refractivity contribution is 5.76. The van der Waals surface area contributed by atoms with Crippen molar-refractivity contribution in [1.82, 2.24) is 15.0 Å². The first-order chi connectivity index (χ1) is 15.7. The number of ether oxygens (including phenoxy) is 3. The zero-order valence-corrected chi connectivity index (χ0v) is 17.7. The van der Waals surface area contributed by atoms with Crippen LogP contribution in [-0.4, -0.2) is 41.4 Å². The molecule has 0 saturated carbocycles. The molecule has 0 aliphatic carbocycles. The van der Waals surface area contributed by atoms with Gasteiger partial charge in [-0.15, -0.1) is 5.10 Å². The Kier molecular flexibility index (Phi) is 3.57. The van der Waals surface area contributed by atoms with Crippen molar-refractivity contribution in [3.05, 3.63) is 71.3 Å². The van der Waals surface area contributed by atoms with E-state index in [1.807, 2.05) is 13.1 Å². The maximum atomic E-state index is 6.23. The van der Waals surface area contributed by atoms with Crippen LogP contribution in [0.2, 0.25) is 0 Å². The molecule has 1 aromatic heterocycles. The number of benzene rings is 3.